The molecule has 0 saturated carbocycles. The number of carbonyl (C=O) groups is 1. The van der Waals surface area contributed by atoms with Crippen molar-refractivity contribution in [3.8, 4) is 0 Å². The Hall–Kier alpha value is -1.49. The molecule has 1 aliphatic rings. The molecule has 1 aliphatic heterocycles. The average molecular weight is 296 g/mol. The van der Waals surface area contributed by atoms with Gasteiger partial charge < -0.3 is 5.32 Å². The van der Waals surface area contributed by atoms with Gasteiger partial charge in [-0.15, -0.1) is 0 Å². The lowest BCUT2D eigenvalue weighted by Gasteiger charge is -2.38. The van der Waals surface area contributed by atoms with Gasteiger partial charge in [0.15, 0.2) is 0 Å². The molecule has 1 N–H and O–H groups in total. The molecule has 0 aromatic heterocycles. The Balaban J connectivity index is 2.14. The SMILES string of the molecule is CC[C@@H](c1ccc(F)cc1F)N1CCC[C@@H](NC(C)=O)C1. The van der Waals surface area contributed by atoms with Crippen LogP contribution in [-0.2, 0) is 4.79 Å². The van der Waals surface area contributed by atoms with Crippen LogP contribution in [0.2, 0.25) is 0 Å². The number of hydrogen-bond donors (Lipinski definition) is 1. The molecule has 0 radical (unpaired) electrons. The van der Waals surface area contributed by atoms with Gasteiger partial charge >= 0.3 is 0 Å². The summed E-state index contributed by atoms with van der Waals surface area (Å²) in [5.74, 6) is -1.09. The lowest BCUT2D eigenvalue weighted by molar-refractivity contribution is -0.120. The lowest BCUT2D eigenvalue weighted by atomic mass is 9.97. The number of nitrogens with zero attached hydrogens (tertiary/aromatic N) is 1. The summed E-state index contributed by atoms with van der Waals surface area (Å²) in [6.45, 7) is 5.08. The summed E-state index contributed by atoms with van der Waals surface area (Å²) in [5.41, 5.74) is 0.530. The topological polar surface area (TPSA) is 32.3 Å². The van der Waals surface area contributed by atoms with Crippen LogP contribution in [0, 0.1) is 11.6 Å². The number of carbonyl (C=O) groups excluding carboxylic acids is 1. The van der Waals surface area contributed by atoms with Crippen molar-refractivity contribution < 1.29 is 13.6 Å². The number of piperidine rings is 1. The second-order valence-corrected chi connectivity index (χ2v) is 5.62. The van der Waals surface area contributed by atoms with Crippen LogP contribution in [0.1, 0.15) is 44.7 Å². The van der Waals surface area contributed by atoms with E-state index in [9.17, 15) is 13.6 Å². The highest BCUT2D eigenvalue weighted by atomic mass is 19.1. The fourth-order valence-corrected chi connectivity index (χ4v) is 3.14. The first-order chi connectivity index (χ1) is 10.0. The smallest absolute Gasteiger partial charge is 0.217 e. The Morgan fingerprint density at radius 3 is 2.86 bits per heavy atom. The molecule has 1 saturated heterocycles. The van der Waals surface area contributed by atoms with E-state index < -0.39 is 11.6 Å². The molecule has 0 bridgehead atoms. The van der Waals surface area contributed by atoms with Crippen LogP contribution in [0.3, 0.4) is 0 Å². The molecule has 2 rings (SSSR count). The second kappa shape index (κ2) is 6.98. The van der Waals surface area contributed by atoms with Gasteiger partial charge in [-0.3, -0.25) is 9.69 Å². The van der Waals surface area contributed by atoms with Crippen LogP contribution in [-0.4, -0.2) is 29.9 Å². The van der Waals surface area contributed by atoms with Gasteiger partial charge in [-0.2, -0.15) is 0 Å². The van der Waals surface area contributed by atoms with E-state index in [0.29, 0.717) is 12.1 Å². The zero-order chi connectivity index (χ0) is 15.4. The quantitative estimate of drug-likeness (QED) is 0.926. The minimum Gasteiger partial charge on any atom is -0.352 e. The monoisotopic (exact) mass is 296 g/mol. The molecule has 116 valence electrons. The van der Waals surface area contributed by atoms with Crippen molar-refractivity contribution in [1.82, 2.24) is 10.2 Å². The molecule has 5 heteroatoms. The fraction of sp³-hybridized carbons (Fsp3) is 0.562. The predicted octanol–water partition coefficient (Wildman–Crippen LogP) is 3.02. The van der Waals surface area contributed by atoms with E-state index in [1.54, 1.807) is 0 Å². The molecule has 0 aliphatic carbocycles. The van der Waals surface area contributed by atoms with Crippen LogP contribution in [0.5, 0.6) is 0 Å². The first-order valence-electron chi connectivity index (χ1n) is 7.47. The van der Waals surface area contributed by atoms with E-state index in [1.165, 1.54) is 19.1 Å². The van der Waals surface area contributed by atoms with Crippen molar-refractivity contribution in [3.05, 3.63) is 35.4 Å². The van der Waals surface area contributed by atoms with Crippen molar-refractivity contribution in [2.45, 2.75) is 45.2 Å². The van der Waals surface area contributed by atoms with Gasteiger partial charge in [0.25, 0.3) is 0 Å². The fourth-order valence-electron chi connectivity index (χ4n) is 3.14. The largest absolute Gasteiger partial charge is 0.352 e. The molecular weight excluding hydrogens is 274 g/mol. The van der Waals surface area contributed by atoms with E-state index in [1.807, 2.05) is 6.92 Å². The highest BCUT2D eigenvalue weighted by Crippen LogP contribution is 2.29. The van der Waals surface area contributed by atoms with Crippen LogP contribution >= 0.6 is 0 Å². The lowest BCUT2D eigenvalue weighted by Crippen LogP contribution is -2.48. The van der Waals surface area contributed by atoms with Gasteiger partial charge in [-0.25, -0.2) is 8.78 Å². The van der Waals surface area contributed by atoms with E-state index >= 15 is 0 Å². The van der Waals surface area contributed by atoms with Gasteiger partial charge in [-0.1, -0.05) is 13.0 Å². The Morgan fingerprint density at radius 1 is 1.48 bits per heavy atom. The highest BCUT2D eigenvalue weighted by molar-refractivity contribution is 5.73. The van der Waals surface area contributed by atoms with Crippen molar-refractivity contribution in [2.75, 3.05) is 13.1 Å². The first-order valence-corrected chi connectivity index (χ1v) is 7.47. The van der Waals surface area contributed by atoms with Crippen molar-refractivity contribution in [3.63, 3.8) is 0 Å². The van der Waals surface area contributed by atoms with E-state index in [-0.39, 0.29) is 18.0 Å². The van der Waals surface area contributed by atoms with Crippen molar-refractivity contribution in [1.29, 1.82) is 0 Å². The van der Waals surface area contributed by atoms with Crippen LogP contribution < -0.4 is 5.32 Å². The number of hydrogen-bond acceptors (Lipinski definition) is 2. The molecule has 21 heavy (non-hydrogen) atoms. The number of likely N-dealkylation sites (tertiary alicyclic amines) is 1. The molecular formula is C16H22F2N2O. The van der Waals surface area contributed by atoms with Crippen LogP contribution in [0.4, 0.5) is 8.78 Å². The summed E-state index contributed by atoms with van der Waals surface area (Å²) >= 11 is 0. The minimum absolute atomic E-state index is 0.0390. The van der Waals surface area contributed by atoms with Gasteiger partial charge in [0.05, 0.1) is 0 Å². The molecule has 1 fully saturated rings. The molecule has 1 aromatic carbocycles. The Labute approximate surface area is 124 Å². The van der Waals surface area contributed by atoms with Crippen LogP contribution in [0.15, 0.2) is 18.2 Å². The minimum atomic E-state index is -0.555. The maximum Gasteiger partial charge on any atom is 0.217 e. The standard InChI is InChI=1S/C16H22F2N2O/c1-3-16(14-7-6-12(17)9-15(14)18)20-8-4-5-13(10-20)19-11(2)21/h6-7,9,13,16H,3-5,8,10H2,1-2H3,(H,19,21)/t13-,16+/m1/s1. The summed E-state index contributed by atoms with van der Waals surface area (Å²) in [4.78, 5) is 13.4. The molecule has 3 nitrogen and oxygen atoms in total. The van der Waals surface area contributed by atoms with Gasteiger partial charge in [0, 0.05) is 37.2 Å². The Kier molecular flexibility index (Phi) is 5.28. The maximum atomic E-state index is 14.0. The summed E-state index contributed by atoms with van der Waals surface area (Å²) in [6, 6.07) is 3.79. The third-order valence-electron chi connectivity index (χ3n) is 4.01. The van der Waals surface area contributed by atoms with E-state index in [4.69, 9.17) is 0 Å². The number of nitrogens with one attached hydrogen (secondary N) is 1. The third-order valence-corrected chi connectivity index (χ3v) is 4.01. The number of benzene rings is 1. The number of rotatable bonds is 4. The molecule has 0 unspecified atom stereocenters. The van der Waals surface area contributed by atoms with E-state index in [2.05, 4.69) is 10.2 Å². The normalized spacial score (nSPS) is 21.0. The Bertz CT molecular complexity index is 507. The maximum absolute atomic E-state index is 14.0. The van der Waals surface area contributed by atoms with Crippen molar-refractivity contribution >= 4 is 5.91 Å². The Morgan fingerprint density at radius 2 is 2.24 bits per heavy atom. The molecule has 0 spiro atoms. The van der Waals surface area contributed by atoms with Gasteiger partial charge in [-0.05, 0) is 31.9 Å². The number of halogens is 2. The van der Waals surface area contributed by atoms with Gasteiger partial charge in [0.1, 0.15) is 11.6 Å². The molecule has 2 atom stereocenters. The summed E-state index contributed by atoms with van der Waals surface area (Å²) < 4.78 is 27.1. The third kappa shape index (κ3) is 4.00. The zero-order valence-corrected chi connectivity index (χ0v) is 12.5. The van der Waals surface area contributed by atoms with Gasteiger partial charge in [0.2, 0.25) is 5.91 Å². The highest BCUT2D eigenvalue weighted by Gasteiger charge is 2.27. The molecule has 1 aromatic rings. The predicted molar refractivity (Wildman–Crippen MR) is 77.8 cm³/mol. The molecule has 1 amide bonds. The summed E-state index contributed by atoms with van der Waals surface area (Å²) in [7, 11) is 0. The summed E-state index contributed by atoms with van der Waals surface area (Å²) in [5, 5.41) is 2.93. The summed E-state index contributed by atoms with van der Waals surface area (Å²) in [6.07, 6.45) is 2.65. The molecule has 1 heterocycles. The van der Waals surface area contributed by atoms with Crippen molar-refractivity contribution in [2.24, 2.45) is 0 Å². The number of amides is 1. The zero-order valence-electron chi connectivity index (χ0n) is 12.5. The van der Waals surface area contributed by atoms with E-state index in [0.717, 1.165) is 31.9 Å². The van der Waals surface area contributed by atoms with Crippen LogP contribution in [0.25, 0.3) is 0 Å². The first kappa shape index (κ1) is 15.9. The second-order valence-electron chi connectivity index (χ2n) is 5.62. The average Bonchev–Trinajstić information content (AvgIpc) is 2.41.